The maximum atomic E-state index is 10.6. The molecule has 0 rings (SSSR count). The Labute approximate surface area is 59.3 Å². The second-order valence-electron chi connectivity index (χ2n) is 1.49. The van der Waals surface area contributed by atoms with E-state index in [1.165, 1.54) is 7.11 Å². The van der Waals surface area contributed by atoms with Gasteiger partial charge in [-0.25, -0.2) is 4.79 Å². The topological polar surface area (TPSA) is 76.7 Å². The molecule has 10 heavy (non-hydrogen) atoms. The third-order valence-electron chi connectivity index (χ3n) is 0.749. The molecule has 0 aliphatic carbocycles. The summed E-state index contributed by atoms with van der Waals surface area (Å²) in [5.74, 6) is 0. The van der Waals surface area contributed by atoms with Gasteiger partial charge < -0.3 is 15.8 Å². The van der Waals surface area contributed by atoms with Gasteiger partial charge >= 0.3 is 6.03 Å². The SMILES string of the molecule is CCNC(=O)/N=C(\N)OC. The zero-order valence-electron chi connectivity index (χ0n) is 6.05. The fourth-order valence-electron chi connectivity index (χ4n) is 0.336. The molecule has 0 aromatic carbocycles. The van der Waals surface area contributed by atoms with Crippen LogP contribution >= 0.6 is 0 Å². The first kappa shape index (κ1) is 8.74. The average Bonchev–Trinajstić information content (AvgIpc) is 1.88. The minimum Gasteiger partial charge on any atom is -0.468 e. The first-order chi connectivity index (χ1) is 4.70. The second-order valence-corrected chi connectivity index (χ2v) is 1.49. The fraction of sp³-hybridized carbons (Fsp3) is 0.600. The Morgan fingerprint density at radius 1 is 1.80 bits per heavy atom. The van der Waals surface area contributed by atoms with Crippen LogP contribution in [0.15, 0.2) is 4.99 Å². The molecule has 0 aromatic rings. The summed E-state index contributed by atoms with van der Waals surface area (Å²) in [6.07, 6.45) is 0. The normalized spacial score (nSPS) is 10.8. The molecule has 5 heteroatoms. The molecular weight excluding hydrogens is 134 g/mol. The number of carbonyl (C=O) groups excluding carboxylic acids is 1. The molecule has 0 fully saturated rings. The molecule has 3 N–H and O–H groups in total. The molecule has 0 aliphatic rings. The van der Waals surface area contributed by atoms with E-state index in [0.29, 0.717) is 6.54 Å². The largest absolute Gasteiger partial charge is 0.468 e. The van der Waals surface area contributed by atoms with Crippen LogP contribution in [0.1, 0.15) is 6.92 Å². The van der Waals surface area contributed by atoms with Crippen molar-refractivity contribution in [1.29, 1.82) is 0 Å². The van der Waals surface area contributed by atoms with Crippen LogP contribution in [-0.4, -0.2) is 25.7 Å². The molecule has 58 valence electrons. The lowest BCUT2D eigenvalue weighted by Crippen LogP contribution is -2.23. The number of amidine groups is 1. The lowest BCUT2D eigenvalue weighted by atomic mass is 10.7. The maximum absolute atomic E-state index is 10.6. The van der Waals surface area contributed by atoms with E-state index in [1.54, 1.807) is 6.92 Å². The van der Waals surface area contributed by atoms with Crippen LogP contribution in [0.2, 0.25) is 0 Å². The maximum Gasteiger partial charge on any atom is 0.345 e. The van der Waals surface area contributed by atoms with Crippen LogP contribution < -0.4 is 11.1 Å². The minimum atomic E-state index is -0.484. The molecule has 0 aliphatic heterocycles. The molecule has 0 atom stereocenters. The fourth-order valence-corrected chi connectivity index (χ4v) is 0.336. The number of methoxy groups -OCH3 is 1. The monoisotopic (exact) mass is 145 g/mol. The van der Waals surface area contributed by atoms with E-state index in [-0.39, 0.29) is 6.02 Å². The number of nitrogens with two attached hydrogens (primary N) is 1. The number of rotatable bonds is 1. The summed E-state index contributed by atoms with van der Waals surface area (Å²) in [6, 6.07) is -0.618. The Bertz CT molecular complexity index is 144. The third-order valence-corrected chi connectivity index (χ3v) is 0.749. The van der Waals surface area contributed by atoms with Crippen LogP contribution in [0.4, 0.5) is 4.79 Å². The number of nitrogens with zero attached hydrogens (tertiary/aromatic N) is 1. The molecule has 0 spiro atoms. The summed E-state index contributed by atoms with van der Waals surface area (Å²) in [6.45, 7) is 2.32. The van der Waals surface area contributed by atoms with Crippen molar-refractivity contribution in [1.82, 2.24) is 5.32 Å². The highest BCUT2D eigenvalue weighted by molar-refractivity contribution is 5.88. The standard InChI is InChI=1S/C5H11N3O2/c1-3-7-5(9)8-4(6)10-2/h3H2,1-2H3,(H3,6,7,8,9). The van der Waals surface area contributed by atoms with Crippen LogP contribution in [0.25, 0.3) is 0 Å². The quantitative estimate of drug-likeness (QED) is 0.392. The summed E-state index contributed by atoms with van der Waals surface area (Å²) in [7, 11) is 1.35. The number of hydrogen-bond donors (Lipinski definition) is 2. The summed E-state index contributed by atoms with van der Waals surface area (Å²) < 4.78 is 4.43. The number of urea groups is 1. The first-order valence-corrected chi connectivity index (χ1v) is 2.86. The summed E-state index contributed by atoms with van der Waals surface area (Å²) in [4.78, 5) is 13.9. The van der Waals surface area contributed by atoms with E-state index in [9.17, 15) is 4.79 Å². The number of carbonyl (C=O) groups is 1. The van der Waals surface area contributed by atoms with Gasteiger partial charge in [-0.15, -0.1) is 4.99 Å². The molecule has 0 heterocycles. The summed E-state index contributed by atoms with van der Waals surface area (Å²) in [5.41, 5.74) is 5.07. The van der Waals surface area contributed by atoms with E-state index >= 15 is 0 Å². The number of aliphatic imine (C=N–C) groups is 1. The van der Waals surface area contributed by atoms with Crippen molar-refractivity contribution >= 4 is 12.1 Å². The summed E-state index contributed by atoms with van der Waals surface area (Å²) in [5, 5.41) is 2.42. The van der Waals surface area contributed by atoms with Gasteiger partial charge in [0.1, 0.15) is 0 Å². The number of amides is 2. The molecule has 0 saturated carbocycles. The predicted octanol–water partition coefficient (Wildman–Crippen LogP) is -0.323. The Morgan fingerprint density at radius 2 is 2.40 bits per heavy atom. The zero-order chi connectivity index (χ0) is 7.98. The van der Waals surface area contributed by atoms with Gasteiger partial charge in [0.25, 0.3) is 6.02 Å². The Morgan fingerprint density at radius 3 is 2.80 bits per heavy atom. The predicted molar refractivity (Wildman–Crippen MR) is 37.7 cm³/mol. The highest BCUT2D eigenvalue weighted by atomic mass is 16.5. The van der Waals surface area contributed by atoms with Crippen LogP contribution in [0.5, 0.6) is 0 Å². The van der Waals surface area contributed by atoms with Gasteiger partial charge in [-0.05, 0) is 6.92 Å². The molecule has 0 unspecified atom stereocenters. The number of ether oxygens (including phenoxy) is 1. The molecule has 2 amide bonds. The Balaban J connectivity index is 3.75. The smallest absolute Gasteiger partial charge is 0.345 e. The van der Waals surface area contributed by atoms with E-state index < -0.39 is 6.03 Å². The molecular formula is C5H11N3O2. The van der Waals surface area contributed by atoms with Crippen molar-refractivity contribution in [2.24, 2.45) is 10.7 Å². The molecule has 0 aromatic heterocycles. The molecule has 0 radical (unpaired) electrons. The van der Waals surface area contributed by atoms with Crippen molar-refractivity contribution < 1.29 is 9.53 Å². The Hall–Kier alpha value is -1.26. The average molecular weight is 145 g/mol. The molecule has 0 bridgehead atoms. The van der Waals surface area contributed by atoms with Crippen molar-refractivity contribution in [2.45, 2.75) is 6.92 Å². The van der Waals surface area contributed by atoms with Gasteiger partial charge in [0.05, 0.1) is 7.11 Å². The number of nitrogens with one attached hydrogen (secondary N) is 1. The Kier molecular flexibility index (Phi) is 4.02. The van der Waals surface area contributed by atoms with Crippen molar-refractivity contribution in [3.8, 4) is 0 Å². The van der Waals surface area contributed by atoms with E-state index in [4.69, 9.17) is 5.73 Å². The lowest BCUT2D eigenvalue weighted by molar-refractivity contribution is 0.248. The van der Waals surface area contributed by atoms with Crippen molar-refractivity contribution in [3.63, 3.8) is 0 Å². The second kappa shape index (κ2) is 4.60. The van der Waals surface area contributed by atoms with Gasteiger partial charge in [-0.3, -0.25) is 0 Å². The van der Waals surface area contributed by atoms with E-state index in [0.717, 1.165) is 0 Å². The molecule has 0 saturated heterocycles. The van der Waals surface area contributed by atoms with E-state index in [2.05, 4.69) is 15.0 Å². The van der Waals surface area contributed by atoms with Crippen LogP contribution in [-0.2, 0) is 4.74 Å². The highest BCUT2D eigenvalue weighted by Crippen LogP contribution is 1.74. The number of hydrogen-bond acceptors (Lipinski definition) is 2. The third kappa shape index (κ3) is 3.71. The minimum absolute atomic E-state index is 0.133. The van der Waals surface area contributed by atoms with Gasteiger partial charge in [0.15, 0.2) is 0 Å². The highest BCUT2D eigenvalue weighted by Gasteiger charge is 1.95. The van der Waals surface area contributed by atoms with Gasteiger partial charge in [-0.1, -0.05) is 0 Å². The zero-order valence-corrected chi connectivity index (χ0v) is 6.05. The van der Waals surface area contributed by atoms with Gasteiger partial charge in [-0.2, -0.15) is 0 Å². The van der Waals surface area contributed by atoms with Crippen LogP contribution in [0, 0.1) is 0 Å². The molecule has 5 nitrogen and oxygen atoms in total. The van der Waals surface area contributed by atoms with Gasteiger partial charge in [0.2, 0.25) is 0 Å². The first-order valence-electron chi connectivity index (χ1n) is 2.86. The van der Waals surface area contributed by atoms with Gasteiger partial charge in [0, 0.05) is 6.54 Å². The van der Waals surface area contributed by atoms with Crippen LogP contribution in [0.3, 0.4) is 0 Å². The van der Waals surface area contributed by atoms with Crippen molar-refractivity contribution in [3.05, 3.63) is 0 Å². The van der Waals surface area contributed by atoms with E-state index in [1.807, 2.05) is 0 Å². The van der Waals surface area contributed by atoms with Crippen molar-refractivity contribution in [2.75, 3.05) is 13.7 Å². The summed E-state index contributed by atoms with van der Waals surface area (Å²) >= 11 is 0. The lowest BCUT2D eigenvalue weighted by Gasteiger charge is -1.96.